The van der Waals surface area contributed by atoms with Gasteiger partial charge in [0.1, 0.15) is 12.1 Å². The number of aromatic nitrogens is 2. The van der Waals surface area contributed by atoms with Crippen molar-refractivity contribution in [2.24, 2.45) is 5.73 Å². The van der Waals surface area contributed by atoms with Crippen LogP contribution in [0.2, 0.25) is 0 Å². The first-order valence-electron chi connectivity index (χ1n) is 6.97. The van der Waals surface area contributed by atoms with E-state index in [-0.39, 0.29) is 6.04 Å². The molecule has 0 bridgehead atoms. The summed E-state index contributed by atoms with van der Waals surface area (Å²) in [5.74, 6) is 0.879. The molecule has 4 nitrogen and oxygen atoms in total. The van der Waals surface area contributed by atoms with Gasteiger partial charge in [0.15, 0.2) is 0 Å². The monoisotopic (exact) mass is 298 g/mol. The van der Waals surface area contributed by atoms with E-state index >= 15 is 0 Å². The van der Waals surface area contributed by atoms with Crippen molar-refractivity contribution < 1.29 is 0 Å². The summed E-state index contributed by atoms with van der Waals surface area (Å²) in [7, 11) is 0. The number of aryl methyl sites for hydroxylation is 1. The molecule has 0 radical (unpaired) electrons. The number of hydrogen-bond donors (Lipinski definition) is 2. The van der Waals surface area contributed by atoms with Crippen molar-refractivity contribution in [1.29, 1.82) is 0 Å². The number of hydrogen-bond acceptors (Lipinski definition) is 5. The Labute approximate surface area is 128 Å². The molecule has 3 rings (SSSR count). The van der Waals surface area contributed by atoms with E-state index in [0.29, 0.717) is 6.54 Å². The number of thiophene rings is 1. The maximum atomic E-state index is 5.92. The molecule has 5 heteroatoms. The zero-order valence-corrected chi connectivity index (χ0v) is 12.7. The molecule has 1 atom stereocenters. The van der Waals surface area contributed by atoms with E-state index in [1.54, 1.807) is 17.7 Å². The summed E-state index contributed by atoms with van der Waals surface area (Å²) in [5, 5.41) is 5.58. The molecule has 21 heavy (non-hydrogen) atoms. The van der Waals surface area contributed by atoms with E-state index in [4.69, 9.17) is 5.73 Å². The second kappa shape index (κ2) is 6.20. The Kier molecular flexibility index (Phi) is 4.13. The van der Waals surface area contributed by atoms with Crippen LogP contribution in [0.1, 0.15) is 11.1 Å². The fraction of sp³-hybridized carbons (Fsp3) is 0.250. The van der Waals surface area contributed by atoms with Crippen LogP contribution in [0, 0.1) is 6.92 Å². The first-order valence-corrected chi connectivity index (χ1v) is 7.85. The molecule has 0 saturated carbocycles. The van der Waals surface area contributed by atoms with Crippen molar-refractivity contribution >= 4 is 27.4 Å². The second-order valence-electron chi connectivity index (χ2n) is 5.09. The molecule has 3 aromatic rings. The average molecular weight is 298 g/mol. The molecule has 0 aliphatic carbocycles. The third-order valence-electron chi connectivity index (χ3n) is 3.48. The van der Waals surface area contributed by atoms with Crippen molar-refractivity contribution in [2.45, 2.75) is 19.4 Å². The molecule has 0 saturated heterocycles. The molecule has 0 fully saturated rings. The van der Waals surface area contributed by atoms with E-state index < -0.39 is 0 Å². The van der Waals surface area contributed by atoms with Gasteiger partial charge in [-0.2, -0.15) is 0 Å². The SMILES string of the molecule is Cc1csc2c(NC(CN)Cc3ccccc3)ncnc12. The topological polar surface area (TPSA) is 63.8 Å². The molecule has 3 N–H and O–H groups in total. The van der Waals surface area contributed by atoms with Crippen LogP contribution in [0.25, 0.3) is 10.2 Å². The van der Waals surface area contributed by atoms with Crippen LogP contribution in [0.15, 0.2) is 42.0 Å². The number of benzene rings is 1. The van der Waals surface area contributed by atoms with E-state index in [1.807, 2.05) is 6.07 Å². The highest BCUT2D eigenvalue weighted by molar-refractivity contribution is 7.18. The number of nitrogens with two attached hydrogens (primary N) is 1. The van der Waals surface area contributed by atoms with E-state index in [9.17, 15) is 0 Å². The van der Waals surface area contributed by atoms with Gasteiger partial charge in [-0.1, -0.05) is 30.3 Å². The van der Waals surface area contributed by atoms with Crippen molar-refractivity contribution in [1.82, 2.24) is 9.97 Å². The Bertz CT molecular complexity index is 723. The molecule has 2 aromatic heterocycles. The number of anilines is 1. The highest BCUT2D eigenvalue weighted by Gasteiger charge is 2.13. The van der Waals surface area contributed by atoms with E-state index in [2.05, 4.69) is 51.9 Å². The fourth-order valence-electron chi connectivity index (χ4n) is 2.36. The third kappa shape index (κ3) is 3.04. The van der Waals surface area contributed by atoms with Crippen LogP contribution in [-0.2, 0) is 6.42 Å². The van der Waals surface area contributed by atoms with Gasteiger partial charge in [-0.05, 0) is 29.9 Å². The fourth-order valence-corrected chi connectivity index (χ4v) is 3.31. The lowest BCUT2D eigenvalue weighted by atomic mass is 10.1. The lowest BCUT2D eigenvalue weighted by Crippen LogP contribution is -2.31. The summed E-state index contributed by atoms with van der Waals surface area (Å²) in [6, 6.07) is 10.5. The highest BCUT2D eigenvalue weighted by Crippen LogP contribution is 2.28. The molecule has 1 unspecified atom stereocenters. The normalized spacial score (nSPS) is 12.5. The number of nitrogens with one attached hydrogen (secondary N) is 1. The number of fused-ring (bicyclic) bond motifs is 1. The van der Waals surface area contributed by atoms with Gasteiger partial charge in [0.2, 0.25) is 0 Å². The van der Waals surface area contributed by atoms with Crippen molar-refractivity contribution in [3.63, 3.8) is 0 Å². The first-order chi connectivity index (χ1) is 10.3. The van der Waals surface area contributed by atoms with Gasteiger partial charge in [0.25, 0.3) is 0 Å². The Hall–Kier alpha value is -1.98. The minimum absolute atomic E-state index is 0.160. The van der Waals surface area contributed by atoms with Gasteiger partial charge >= 0.3 is 0 Å². The summed E-state index contributed by atoms with van der Waals surface area (Å²) in [6.45, 7) is 2.63. The van der Waals surface area contributed by atoms with Crippen LogP contribution in [0.3, 0.4) is 0 Å². The van der Waals surface area contributed by atoms with E-state index in [1.165, 1.54) is 11.1 Å². The molecule has 0 aliphatic heterocycles. The molecule has 0 spiro atoms. The summed E-state index contributed by atoms with van der Waals surface area (Å²) >= 11 is 1.67. The Morgan fingerprint density at radius 3 is 2.81 bits per heavy atom. The first kappa shape index (κ1) is 14.0. The third-order valence-corrected chi connectivity index (χ3v) is 4.57. The minimum atomic E-state index is 0.160. The largest absolute Gasteiger partial charge is 0.364 e. The van der Waals surface area contributed by atoms with Gasteiger partial charge in [0.05, 0.1) is 10.2 Å². The average Bonchev–Trinajstić information content (AvgIpc) is 2.90. The minimum Gasteiger partial charge on any atom is -0.364 e. The van der Waals surface area contributed by atoms with Crippen LogP contribution in [-0.4, -0.2) is 22.6 Å². The molecule has 1 aromatic carbocycles. The Balaban J connectivity index is 1.82. The highest BCUT2D eigenvalue weighted by atomic mass is 32.1. The molecular formula is C16H18N4S. The van der Waals surface area contributed by atoms with Crippen molar-refractivity contribution in [2.75, 3.05) is 11.9 Å². The van der Waals surface area contributed by atoms with Crippen LogP contribution in [0.5, 0.6) is 0 Å². The number of rotatable bonds is 5. The molecule has 108 valence electrons. The predicted molar refractivity (Wildman–Crippen MR) is 88.8 cm³/mol. The number of nitrogens with zero attached hydrogens (tertiary/aromatic N) is 2. The van der Waals surface area contributed by atoms with Crippen LogP contribution >= 0.6 is 11.3 Å². The smallest absolute Gasteiger partial charge is 0.147 e. The summed E-state index contributed by atoms with van der Waals surface area (Å²) < 4.78 is 1.10. The van der Waals surface area contributed by atoms with Crippen molar-refractivity contribution in [3.8, 4) is 0 Å². The van der Waals surface area contributed by atoms with Gasteiger partial charge in [-0.15, -0.1) is 11.3 Å². The lowest BCUT2D eigenvalue weighted by molar-refractivity contribution is 0.721. The van der Waals surface area contributed by atoms with Crippen LogP contribution < -0.4 is 11.1 Å². The molecule has 0 aliphatic rings. The van der Waals surface area contributed by atoms with E-state index in [0.717, 1.165) is 22.5 Å². The Morgan fingerprint density at radius 1 is 1.24 bits per heavy atom. The molecular weight excluding hydrogens is 280 g/mol. The van der Waals surface area contributed by atoms with Gasteiger partial charge in [0, 0.05) is 12.6 Å². The lowest BCUT2D eigenvalue weighted by Gasteiger charge is -2.17. The summed E-state index contributed by atoms with van der Waals surface area (Å²) in [4.78, 5) is 8.73. The predicted octanol–water partition coefficient (Wildman–Crippen LogP) is 2.98. The van der Waals surface area contributed by atoms with Gasteiger partial charge in [-0.25, -0.2) is 9.97 Å². The second-order valence-corrected chi connectivity index (χ2v) is 5.97. The Morgan fingerprint density at radius 2 is 2.05 bits per heavy atom. The van der Waals surface area contributed by atoms with Gasteiger partial charge in [-0.3, -0.25) is 0 Å². The maximum Gasteiger partial charge on any atom is 0.147 e. The van der Waals surface area contributed by atoms with Crippen molar-refractivity contribution in [3.05, 3.63) is 53.2 Å². The molecule has 2 heterocycles. The van der Waals surface area contributed by atoms with Gasteiger partial charge < -0.3 is 11.1 Å². The quantitative estimate of drug-likeness (QED) is 0.760. The van der Waals surface area contributed by atoms with Crippen LogP contribution in [0.4, 0.5) is 5.82 Å². The zero-order chi connectivity index (χ0) is 14.7. The zero-order valence-electron chi connectivity index (χ0n) is 11.9. The standard InChI is InChI=1S/C16H18N4S/c1-11-9-21-15-14(11)18-10-19-16(15)20-13(8-17)7-12-5-3-2-4-6-12/h2-6,9-10,13H,7-8,17H2,1H3,(H,18,19,20). The summed E-state index contributed by atoms with van der Waals surface area (Å²) in [6.07, 6.45) is 2.49. The summed E-state index contributed by atoms with van der Waals surface area (Å²) in [5.41, 5.74) is 9.40. The maximum absolute atomic E-state index is 5.92. The molecule has 0 amide bonds.